The molecular weight excluding hydrogens is 262 g/mol. The molecule has 3 heteroatoms. The molecule has 21 heavy (non-hydrogen) atoms. The second-order valence-electron chi connectivity index (χ2n) is 6.03. The summed E-state index contributed by atoms with van der Waals surface area (Å²) in [5.74, 6) is 0.603. The van der Waals surface area contributed by atoms with Gasteiger partial charge in [-0.25, -0.2) is 0 Å². The highest BCUT2D eigenvalue weighted by molar-refractivity contribution is 5.82. The van der Waals surface area contributed by atoms with Gasteiger partial charge < -0.3 is 4.42 Å². The lowest BCUT2D eigenvalue weighted by Crippen LogP contribution is -2.34. The standard InChI is InChI=1S/C18H18NO2/c1-19(2,3)14-9-10-17-15(11-14)16(20)12-18(21-17)13-7-5-4-6-8-13/h4-12H,1-3H3/q+1. The Morgan fingerprint density at radius 1 is 0.905 bits per heavy atom. The van der Waals surface area contributed by atoms with E-state index in [0.29, 0.717) is 21.2 Å². The minimum atomic E-state index is -0.00889. The largest absolute Gasteiger partial charge is 0.456 e. The predicted molar refractivity (Wildman–Crippen MR) is 87.5 cm³/mol. The molecule has 0 amide bonds. The number of hydrogen-bond donors (Lipinski definition) is 0. The van der Waals surface area contributed by atoms with Crippen LogP contribution >= 0.6 is 0 Å². The number of rotatable bonds is 2. The molecule has 0 bridgehead atoms. The summed E-state index contributed by atoms with van der Waals surface area (Å²) in [7, 11) is 6.21. The molecule has 3 nitrogen and oxygen atoms in total. The van der Waals surface area contributed by atoms with Crippen molar-refractivity contribution in [3.8, 4) is 11.3 Å². The molecule has 106 valence electrons. The third-order valence-electron chi connectivity index (χ3n) is 3.54. The Balaban J connectivity index is 2.21. The van der Waals surface area contributed by atoms with Gasteiger partial charge in [0.05, 0.1) is 26.5 Å². The molecule has 0 unspecified atom stereocenters. The van der Waals surface area contributed by atoms with Crippen LogP contribution in [0.15, 0.2) is 63.8 Å². The van der Waals surface area contributed by atoms with Crippen molar-refractivity contribution < 1.29 is 4.42 Å². The average molecular weight is 280 g/mol. The number of fused-ring (bicyclic) bond motifs is 1. The first kappa shape index (κ1) is 13.6. The molecule has 0 fully saturated rings. The van der Waals surface area contributed by atoms with Crippen molar-refractivity contribution in [2.75, 3.05) is 21.1 Å². The van der Waals surface area contributed by atoms with E-state index in [1.165, 1.54) is 0 Å². The lowest BCUT2D eigenvalue weighted by atomic mass is 10.1. The first-order valence-corrected chi connectivity index (χ1v) is 6.90. The van der Waals surface area contributed by atoms with Crippen LogP contribution in [0.2, 0.25) is 0 Å². The molecule has 0 radical (unpaired) electrons. The zero-order chi connectivity index (χ0) is 15.0. The van der Waals surface area contributed by atoms with Crippen molar-refractivity contribution in [2.45, 2.75) is 0 Å². The Kier molecular flexibility index (Phi) is 3.15. The third-order valence-corrected chi connectivity index (χ3v) is 3.54. The number of benzene rings is 2. The van der Waals surface area contributed by atoms with Gasteiger partial charge in [0.1, 0.15) is 17.0 Å². The Hall–Kier alpha value is -2.39. The molecule has 2 aromatic carbocycles. The fourth-order valence-corrected chi connectivity index (χ4v) is 2.31. The van der Waals surface area contributed by atoms with Crippen LogP contribution in [0.25, 0.3) is 22.3 Å². The van der Waals surface area contributed by atoms with Gasteiger partial charge in [-0.3, -0.25) is 9.28 Å². The van der Waals surface area contributed by atoms with Gasteiger partial charge in [0.25, 0.3) is 0 Å². The summed E-state index contributed by atoms with van der Waals surface area (Å²) in [6.45, 7) is 0. The lowest BCUT2D eigenvalue weighted by molar-refractivity contribution is 0.486. The van der Waals surface area contributed by atoms with Gasteiger partial charge in [-0.05, 0) is 6.07 Å². The fraction of sp³-hybridized carbons (Fsp3) is 0.167. The van der Waals surface area contributed by atoms with Gasteiger partial charge in [0, 0.05) is 23.8 Å². The van der Waals surface area contributed by atoms with E-state index in [1.54, 1.807) is 6.07 Å². The van der Waals surface area contributed by atoms with Gasteiger partial charge in [0.15, 0.2) is 5.43 Å². The molecular formula is C18H18NO2+. The first-order chi connectivity index (χ1) is 9.95. The molecule has 1 heterocycles. The lowest BCUT2D eigenvalue weighted by Gasteiger charge is -2.23. The van der Waals surface area contributed by atoms with E-state index < -0.39 is 0 Å². The van der Waals surface area contributed by atoms with Crippen LogP contribution in [-0.4, -0.2) is 21.1 Å². The summed E-state index contributed by atoms with van der Waals surface area (Å²) in [4.78, 5) is 12.4. The van der Waals surface area contributed by atoms with Crippen LogP contribution in [0.4, 0.5) is 5.69 Å². The monoisotopic (exact) mass is 280 g/mol. The Bertz CT molecular complexity index is 842. The summed E-state index contributed by atoms with van der Waals surface area (Å²) in [6, 6.07) is 17.0. The number of hydrogen-bond acceptors (Lipinski definition) is 2. The smallest absolute Gasteiger partial charge is 0.193 e. The number of quaternary nitrogens is 1. The first-order valence-electron chi connectivity index (χ1n) is 6.90. The summed E-state index contributed by atoms with van der Waals surface area (Å²) >= 11 is 0. The molecule has 0 aliphatic heterocycles. The maximum absolute atomic E-state index is 12.4. The summed E-state index contributed by atoms with van der Waals surface area (Å²) in [5, 5.41) is 0.625. The topological polar surface area (TPSA) is 30.2 Å². The van der Waals surface area contributed by atoms with Crippen molar-refractivity contribution in [3.63, 3.8) is 0 Å². The van der Waals surface area contributed by atoms with E-state index >= 15 is 0 Å². The summed E-state index contributed by atoms with van der Waals surface area (Å²) < 4.78 is 6.55. The van der Waals surface area contributed by atoms with Crippen LogP contribution in [0, 0.1) is 0 Å². The van der Waals surface area contributed by atoms with Crippen molar-refractivity contribution in [1.29, 1.82) is 0 Å². The van der Waals surface area contributed by atoms with Crippen molar-refractivity contribution in [1.82, 2.24) is 4.48 Å². The zero-order valence-corrected chi connectivity index (χ0v) is 12.5. The SMILES string of the molecule is C[N+](C)(C)c1ccc2oc(-c3ccccc3)cc(=O)c2c1. The maximum atomic E-state index is 12.4. The Labute approximate surface area is 123 Å². The highest BCUT2D eigenvalue weighted by Crippen LogP contribution is 2.25. The minimum absolute atomic E-state index is 0.00889. The highest BCUT2D eigenvalue weighted by atomic mass is 16.3. The predicted octanol–water partition coefficient (Wildman–Crippen LogP) is 3.66. The van der Waals surface area contributed by atoms with Crippen LogP contribution in [-0.2, 0) is 0 Å². The van der Waals surface area contributed by atoms with Gasteiger partial charge in [-0.2, -0.15) is 0 Å². The zero-order valence-electron chi connectivity index (χ0n) is 12.5. The van der Waals surface area contributed by atoms with Crippen molar-refractivity contribution in [3.05, 3.63) is 64.8 Å². The molecule has 3 aromatic rings. The fourth-order valence-electron chi connectivity index (χ4n) is 2.31. The third kappa shape index (κ3) is 2.60. The molecule has 0 saturated heterocycles. The molecule has 0 spiro atoms. The van der Waals surface area contributed by atoms with Crippen LogP contribution in [0.5, 0.6) is 0 Å². The maximum Gasteiger partial charge on any atom is 0.193 e. The Morgan fingerprint density at radius 3 is 2.29 bits per heavy atom. The van der Waals surface area contributed by atoms with E-state index in [0.717, 1.165) is 11.3 Å². The van der Waals surface area contributed by atoms with E-state index in [1.807, 2.05) is 48.5 Å². The second kappa shape index (κ2) is 4.86. The van der Waals surface area contributed by atoms with Gasteiger partial charge >= 0.3 is 0 Å². The minimum Gasteiger partial charge on any atom is -0.456 e. The highest BCUT2D eigenvalue weighted by Gasteiger charge is 2.15. The molecule has 0 aliphatic carbocycles. The molecule has 0 N–H and O–H groups in total. The Morgan fingerprint density at radius 2 is 1.62 bits per heavy atom. The van der Waals surface area contributed by atoms with Gasteiger partial charge in [-0.15, -0.1) is 0 Å². The molecule has 0 aliphatic rings. The van der Waals surface area contributed by atoms with E-state index in [2.05, 4.69) is 21.1 Å². The van der Waals surface area contributed by atoms with Crippen LogP contribution in [0.1, 0.15) is 0 Å². The molecule has 0 atom stereocenters. The van der Waals surface area contributed by atoms with E-state index in [-0.39, 0.29) is 5.43 Å². The van der Waals surface area contributed by atoms with Gasteiger partial charge in [-0.1, -0.05) is 30.3 Å². The quantitative estimate of drug-likeness (QED) is 0.671. The van der Waals surface area contributed by atoms with Gasteiger partial charge in [0.2, 0.25) is 0 Å². The average Bonchev–Trinajstić information content (AvgIpc) is 2.47. The number of nitrogens with zero attached hydrogens (tertiary/aromatic N) is 1. The normalized spacial score (nSPS) is 11.8. The second-order valence-corrected chi connectivity index (χ2v) is 6.03. The van der Waals surface area contributed by atoms with Crippen molar-refractivity contribution >= 4 is 16.7 Å². The summed E-state index contributed by atoms with van der Waals surface area (Å²) in [6.07, 6.45) is 0. The summed E-state index contributed by atoms with van der Waals surface area (Å²) in [5.41, 5.74) is 2.60. The molecule has 1 aromatic heterocycles. The molecule has 0 saturated carbocycles. The van der Waals surface area contributed by atoms with Crippen LogP contribution in [0.3, 0.4) is 0 Å². The van der Waals surface area contributed by atoms with Crippen LogP contribution < -0.4 is 9.91 Å². The van der Waals surface area contributed by atoms with E-state index in [9.17, 15) is 4.79 Å². The van der Waals surface area contributed by atoms with Crippen molar-refractivity contribution in [2.24, 2.45) is 0 Å². The molecule has 3 rings (SSSR count). The van der Waals surface area contributed by atoms with E-state index in [4.69, 9.17) is 4.42 Å².